The molecule has 0 bridgehead atoms. The van der Waals surface area contributed by atoms with Crippen LogP contribution in [0.25, 0.3) is 22.1 Å². The van der Waals surface area contributed by atoms with Crippen LogP contribution in [-0.4, -0.2) is 54.9 Å². The maximum Gasteiger partial charge on any atom is 1.00 e. The van der Waals surface area contributed by atoms with Gasteiger partial charge in [0, 0.05) is 14.1 Å². The molecule has 0 saturated carbocycles. The Balaban J connectivity index is 0.00000325. The number of para-hydroxylation sites is 2. The number of aromatic nitrogens is 4. The topological polar surface area (TPSA) is 258 Å². The van der Waals surface area contributed by atoms with Gasteiger partial charge in [-0.05, 0) is 55.6 Å². The van der Waals surface area contributed by atoms with Crippen molar-refractivity contribution in [2.45, 2.75) is 23.6 Å². The molecule has 22 heteroatoms. The van der Waals surface area contributed by atoms with Crippen molar-refractivity contribution in [3.63, 3.8) is 0 Å². The Hall–Kier alpha value is -4.22. The van der Waals surface area contributed by atoms with Gasteiger partial charge < -0.3 is 19.3 Å². The smallest absolute Gasteiger partial charge is 0.744 e. The van der Waals surface area contributed by atoms with E-state index in [-0.39, 0.29) is 81.9 Å². The van der Waals surface area contributed by atoms with Gasteiger partial charge in [0.25, 0.3) is 11.1 Å². The second-order valence-electron chi connectivity index (χ2n) is 11.4. The Bertz CT molecular complexity index is 2660. The minimum Gasteiger partial charge on any atom is -0.744 e. The first-order valence-corrected chi connectivity index (χ1v) is 17.7. The van der Waals surface area contributed by atoms with E-state index in [0.717, 1.165) is 0 Å². The maximum absolute atomic E-state index is 13.4. The number of rotatable bonds is 8. The average Bonchev–Trinajstić information content (AvgIpc) is 3.43. The van der Waals surface area contributed by atoms with Crippen LogP contribution in [0.1, 0.15) is 11.4 Å². The first kappa shape index (κ1) is 42.5. The summed E-state index contributed by atoms with van der Waals surface area (Å²) < 4.78 is 79.6. The Labute approximate surface area is 350 Å². The predicted octanol–water partition coefficient (Wildman–Crippen LogP) is -1.51. The fraction of sp³-hybridized carbons (Fsp3) is 0.125. The summed E-state index contributed by atoms with van der Waals surface area (Å²) >= 11 is 0. The summed E-state index contributed by atoms with van der Waals surface area (Å²) in [7, 11) is -7.93. The van der Waals surface area contributed by atoms with Crippen LogP contribution in [0.5, 0.6) is 11.5 Å². The number of benzene rings is 4. The molecule has 0 atom stereocenters. The Morgan fingerprint density at radius 1 is 0.574 bits per heavy atom. The van der Waals surface area contributed by atoms with Crippen molar-refractivity contribution in [1.29, 1.82) is 0 Å². The van der Waals surface area contributed by atoms with Crippen LogP contribution in [0.2, 0.25) is 0 Å². The number of hydrogen-bond donors (Lipinski definition) is 2. The van der Waals surface area contributed by atoms with Crippen molar-refractivity contribution >= 4 is 53.8 Å². The molecule has 54 heavy (non-hydrogen) atoms. The third-order valence-corrected chi connectivity index (χ3v) is 10.0. The van der Waals surface area contributed by atoms with Crippen molar-refractivity contribution in [1.82, 2.24) is 18.7 Å². The summed E-state index contributed by atoms with van der Waals surface area (Å²) in [5, 5.41) is 36.5. The van der Waals surface area contributed by atoms with Gasteiger partial charge in [-0.15, -0.1) is 20.5 Å². The number of phenols is 2. The number of fused-ring (bicyclic) bond motifs is 1. The third-order valence-electron chi connectivity index (χ3n) is 8.34. The summed E-state index contributed by atoms with van der Waals surface area (Å²) in [4.78, 5) is 24.3. The van der Waals surface area contributed by atoms with Gasteiger partial charge in [0.2, 0.25) is 0 Å². The van der Waals surface area contributed by atoms with Crippen LogP contribution in [-0.2, 0) is 34.3 Å². The molecule has 0 radical (unpaired) electrons. The molecule has 0 aliphatic rings. The zero-order chi connectivity index (χ0) is 37.9. The first-order chi connectivity index (χ1) is 24.4. The Kier molecular flexibility index (Phi) is 12.5. The quantitative estimate of drug-likeness (QED) is 0.102. The maximum atomic E-state index is 13.4. The second-order valence-corrected chi connectivity index (χ2v) is 14.1. The molecule has 0 aliphatic heterocycles. The molecule has 2 aromatic heterocycles. The number of aromatic hydroxyl groups is 2. The van der Waals surface area contributed by atoms with Crippen LogP contribution in [0.15, 0.2) is 113 Å². The Morgan fingerprint density at radius 3 is 1.20 bits per heavy atom. The predicted molar refractivity (Wildman–Crippen MR) is 183 cm³/mol. The van der Waals surface area contributed by atoms with E-state index in [0.29, 0.717) is 23.5 Å². The van der Waals surface area contributed by atoms with Gasteiger partial charge in [0.1, 0.15) is 31.6 Å². The zero-order valence-corrected chi connectivity index (χ0v) is 35.1. The number of phenolic OH excluding ortho intramolecular Hbond substituents is 2. The number of azo groups is 2. The minimum atomic E-state index is -5.51. The van der Waals surface area contributed by atoms with E-state index in [1.807, 2.05) is 0 Å². The monoisotopic (exact) mass is 792 g/mol. The molecule has 0 spiro atoms. The van der Waals surface area contributed by atoms with Crippen LogP contribution in [0.3, 0.4) is 0 Å². The van der Waals surface area contributed by atoms with Gasteiger partial charge in [-0.1, -0.05) is 36.4 Å². The molecule has 18 nitrogen and oxygen atoms in total. The average molecular weight is 793 g/mol. The fourth-order valence-electron chi connectivity index (χ4n) is 5.57. The molecule has 4 aromatic carbocycles. The van der Waals surface area contributed by atoms with Gasteiger partial charge in [-0.2, -0.15) is 0 Å². The molecule has 2 heterocycles. The summed E-state index contributed by atoms with van der Waals surface area (Å²) in [6.45, 7) is 3.02. The van der Waals surface area contributed by atoms with Crippen LogP contribution < -0.4 is 70.2 Å². The number of nitrogens with zero attached hydrogens (tertiary/aromatic N) is 8. The molecular formula is C32H26N8Na2O10S2. The van der Waals surface area contributed by atoms with Gasteiger partial charge in [0.05, 0.1) is 37.9 Å². The standard InChI is InChI=1S/C32H28N8O10S2.2Na/c1-17-25(31(43)39(37(17)3)20-11-7-5-8-12-20)33-35-27-22(51(45,46)47)15-19-16-23(52(48,49)50)28(30(42)24(19)29(27)41)36-34-26-18(2)38(4)40(32(26)44)21-13-9-6-10-14-21;;/h5-16,41-42H,1-4H3,(H,45,46,47)(H,48,49,50);;/q;2*+1/p-2. The minimum absolute atomic E-state index is 0. The SMILES string of the molecule is Cc1c(N=Nc2c(S(=O)(=O)[O-])cc3cc(S(=O)(=O)[O-])c(N=Nc4c(C)n(C)n(-c5ccccc5)c4=O)c(O)c3c2O)c(=O)n(-c2ccccc2)n1C.[Na+].[Na+]. The van der Waals surface area contributed by atoms with E-state index in [4.69, 9.17) is 0 Å². The fourth-order valence-corrected chi connectivity index (χ4v) is 6.87. The first-order valence-electron chi connectivity index (χ1n) is 14.9. The van der Waals surface area contributed by atoms with Gasteiger partial charge in [-0.25, -0.2) is 26.2 Å². The van der Waals surface area contributed by atoms with Crippen molar-refractivity contribution in [2.75, 3.05) is 0 Å². The van der Waals surface area contributed by atoms with Crippen molar-refractivity contribution < 1.29 is 95.3 Å². The van der Waals surface area contributed by atoms with Gasteiger partial charge in [0.15, 0.2) is 22.9 Å². The van der Waals surface area contributed by atoms with Crippen molar-refractivity contribution in [3.05, 3.63) is 105 Å². The van der Waals surface area contributed by atoms with Gasteiger partial charge in [-0.3, -0.25) is 19.0 Å². The summed E-state index contributed by atoms with van der Waals surface area (Å²) in [5.74, 6) is -2.39. The molecule has 268 valence electrons. The zero-order valence-electron chi connectivity index (χ0n) is 29.5. The number of hydrogen-bond acceptors (Lipinski definition) is 14. The summed E-state index contributed by atoms with van der Waals surface area (Å²) in [5.41, 5.74) is -2.61. The molecule has 0 fully saturated rings. The molecule has 6 aromatic rings. The molecule has 0 aliphatic carbocycles. The molecule has 6 rings (SSSR count). The molecule has 0 amide bonds. The summed E-state index contributed by atoms with van der Waals surface area (Å²) in [6, 6.07) is 17.9. The molecule has 0 saturated heterocycles. The van der Waals surface area contributed by atoms with Crippen LogP contribution in [0.4, 0.5) is 22.7 Å². The normalized spacial score (nSPS) is 12.0. The van der Waals surface area contributed by atoms with Crippen LogP contribution in [0, 0.1) is 13.8 Å². The van der Waals surface area contributed by atoms with E-state index >= 15 is 0 Å². The molecule has 0 unspecified atom stereocenters. The third kappa shape index (κ3) is 7.54. The molecule has 2 N–H and O–H groups in total. The van der Waals surface area contributed by atoms with Crippen molar-refractivity contribution in [2.24, 2.45) is 34.6 Å². The van der Waals surface area contributed by atoms with Crippen LogP contribution >= 0.6 is 0 Å². The summed E-state index contributed by atoms with van der Waals surface area (Å²) in [6.07, 6.45) is 0. The van der Waals surface area contributed by atoms with E-state index in [2.05, 4.69) is 20.5 Å². The Morgan fingerprint density at radius 2 is 0.889 bits per heavy atom. The van der Waals surface area contributed by atoms with Crippen molar-refractivity contribution in [3.8, 4) is 22.9 Å². The van der Waals surface area contributed by atoms with E-state index in [1.54, 1.807) is 74.8 Å². The van der Waals surface area contributed by atoms with E-state index in [1.165, 1.54) is 32.6 Å². The largest absolute Gasteiger partial charge is 1.00 e. The van der Waals surface area contributed by atoms with E-state index in [9.17, 15) is 45.7 Å². The molecular weight excluding hydrogens is 767 g/mol. The van der Waals surface area contributed by atoms with E-state index < -0.39 is 74.8 Å². The second kappa shape index (κ2) is 15.9. The van der Waals surface area contributed by atoms with Gasteiger partial charge >= 0.3 is 59.1 Å².